The van der Waals surface area contributed by atoms with Gasteiger partial charge in [0.1, 0.15) is 0 Å². The molecule has 0 bridgehead atoms. The third-order valence-electron chi connectivity index (χ3n) is 6.02. The number of benzene rings is 1. The zero-order valence-electron chi connectivity index (χ0n) is 16.7. The molecule has 1 N–H and O–H groups in total. The molecule has 4 rings (SSSR count). The van der Waals surface area contributed by atoms with Gasteiger partial charge in [-0.25, -0.2) is 0 Å². The topological polar surface area (TPSA) is 48.5 Å². The molecule has 0 spiro atoms. The zero-order valence-corrected chi connectivity index (χ0v) is 16.7. The van der Waals surface area contributed by atoms with Gasteiger partial charge in [0.25, 0.3) is 5.91 Å². The summed E-state index contributed by atoms with van der Waals surface area (Å²) < 4.78 is 0. The molecule has 0 radical (unpaired) electrons. The fraction of sp³-hybridized carbons (Fsp3) is 0.478. The average molecular weight is 379 g/mol. The van der Waals surface area contributed by atoms with E-state index in [0.717, 1.165) is 51.3 Å². The number of amides is 1. The summed E-state index contributed by atoms with van der Waals surface area (Å²) >= 11 is 0. The van der Waals surface area contributed by atoms with Crippen molar-refractivity contribution in [2.75, 3.05) is 44.2 Å². The maximum absolute atomic E-state index is 13.2. The molecule has 2 aromatic rings. The number of nitrogens with one attached hydrogen (secondary N) is 1. The van der Waals surface area contributed by atoms with Crippen molar-refractivity contribution in [1.29, 1.82) is 0 Å². The van der Waals surface area contributed by atoms with Crippen LogP contribution in [0.3, 0.4) is 0 Å². The van der Waals surface area contributed by atoms with Crippen molar-refractivity contribution in [2.45, 2.75) is 32.1 Å². The molecule has 2 aliphatic heterocycles. The largest absolute Gasteiger partial charge is 0.369 e. The first-order valence-corrected chi connectivity index (χ1v) is 10.5. The van der Waals surface area contributed by atoms with Gasteiger partial charge in [0, 0.05) is 56.4 Å². The smallest absolute Gasteiger partial charge is 0.253 e. The Morgan fingerprint density at radius 1 is 1.14 bits per heavy atom. The number of anilines is 1. The lowest BCUT2D eigenvalue weighted by Crippen LogP contribution is -2.35. The highest BCUT2D eigenvalue weighted by Gasteiger charge is 2.22. The molecule has 148 valence electrons. The summed E-state index contributed by atoms with van der Waals surface area (Å²) in [5.74, 6) is 0.690. The summed E-state index contributed by atoms with van der Waals surface area (Å²) in [6.45, 7) is 7.63. The zero-order chi connectivity index (χ0) is 19.3. The van der Waals surface area contributed by atoms with Gasteiger partial charge in [-0.05, 0) is 68.0 Å². The number of hydrogen-bond donors (Lipinski definition) is 1. The number of nitrogens with zero attached hydrogens (tertiary/aromatic N) is 3. The maximum Gasteiger partial charge on any atom is 0.253 e. The molecule has 2 fully saturated rings. The molecule has 2 aliphatic rings. The van der Waals surface area contributed by atoms with E-state index in [1.54, 1.807) is 0 Å². The first kappa shape index (κ1) is 18.9. The van der Waals surface area contributed by atoms with Crippen LogP contribution in [0.15, 0.2) is 42.7 Å². The second-order valence-corrected chi connectivity index (χ2v) is 7.96. The number of pyridine rings is 1. The number of piperidine rings is 1. The number of carbonyl (C=O) groups is 1. The second-order valence-electron chi connectivity index (χ2n) is 7.96. The Morgan fingerprint density at radius 3 is 2.89 bits per heavy atom. The molecule has 0 unspecified atom stereocenters. The molecule has 0 saturated carbocycles. The summed E-state index contributed by atoms with van der Waals surface area (Å²) in [4.78, 5) is 21.8. The van der Waals surface area contributed by atoms with E-state index in [1.165, 1.54) is 29.7 Å². The Labute approximate surface area is 167 Å². The lowest BCUT2D eigenvalue weighted by molar-refractivity contribution is 0.0767. The van der Waals surface area contributed by atoms with E-state index in [2.05, 4.69) is 40.3 Å². The number of aryl methyl sites for hydroxylation is 1. The summed E-state index contributed by atoms with van der Waals surface area (Å²) in [7, 11) is 0. The Morgan fingerprint density at radius 2 is 2.07 bits per heavy atom. The molecule has 5 heteroatoms. The van der Waals surface area contributed by atoms with Crippen molar-refractivity contribution in [3.63, 3.8) is 0 Å². The molecule has 5 nitrogen and oxygen atoms in total. The highest BCUT2D eigenvalue weighted by molar-refractivity contribution is 5.94. The quantitative estimate of drug-likeness (QED) is 0.891. The molecule has 2 saturated heterocycles. The summed E-state index contributed by atoms with van der Waals surface area (Å²) in [5, 5.41) is 3.47. The van der Waals surface area contributed by atoms with Crippen LogP contribution in [-0.4, -0.2) is 55.1 Å². The Kier molecular flexibility index (Phi) is 5.91. The highest BCUT2D eigenvalue weighted by Crippen LogP contribution is 2.25. The van der Waals surface area contributed by atoms with Crippen LogP contribution in [-0.2, 0) is 0 Å². The van der Waals surface area contributed by atoms with Gasteiger partial charge in [-0.2, -0.15) is 0 Å². The molecule has 1 amide bonds. The van der Waals surface area contributed by atoms with Crippen LogP contribution in [0.5, 0.6) is 0 Å². The predicted octanol–water partition coefficient (Wildman–Crippen LogP) is 3.21. The van der Waals surface area contributed by atoms with Crippen LogP contribution >= 0.6 is 0 Å². The minimum absolute atomic E-state index is 0.166. The molecular weight excluding hydrogens is 348 g/mol. The number of aromatic nitrogens is 1. The van der Waals surface area contributed by atoms with Crippen molar-refractivity contribution >= 4 is 11.6 Å². The van der Waals surface area contributed by atoms with E-state index in [1.807, 2.05) is 29.4 Å². The van der Waals surface area contributed by atoms with Crippen molar-refractivity contribution < 1.29 is 4.79 Å². The lowest BCUT2D eigenvalue weighted by atomic mass is 9.90. The van der Waals surface area contributed by atoms with Crippen LogP contribution in [0.2, 0.25) is 0 Å². The highest BCUT2D eigenvalue weighted by atomic mass is 16.2. The Hall–Kier alpha value is -2.40. The minimum Gasteiger partial charge on any atom is -0.369 e. The van der Waals surface area contributed by atoms with Crippen LogP contribution in [0.4, 0.5) is 5.69 Å². The molecule has 3 heterocycles. The fourth-order valence-electron chi connectivity index (χ4n) is 4.43. The van der Waals surface area contributed by atoms with Crippen molar-refractivity contribution in [1.82, 2.24) is 15.2 Å². The number of rotatable bonds is 3. The monoisotopic (exact) mass is 378 g/mol. The van der Waals surface area contributed by atoms with Crippen LogP contribution in [0, 0.1) is 6.92 Å². The lowest BCUT2D eigenvalue weighted by Gasteiger charge is -2.26. The van der Waals surface area contributed by atoms with Gasteiger partial charge in [-0.1, -0.05) is 12.1 Å². The van der Waals surface area contributed by atoms with Gasteiger partial charge in [-0.3, -0.25) is 9.78 Å². The minimum atomic E-state index is 0.166. The van der Waals surface area contributed by atoms with Gasteiger partial charge in [0.15, 0.2) is 0 Å². The van der Waals surface area contributed by atoms with Gasteiger partial charge in [0.05, 0.1) is 0 Å². The Bertz CT molecular complexity index is 816. The van der Waals surface area contributed by atoms with Crippen molar-refractivity contribution in [2.24, 2.45) is 0 Å². The maximum atomic E-state index is 13.2. The van der Waals surface area contributed by atoms with Crippen LogP contribution < -0.4 is 10.2 Å². The summed E-state index contributed by atoms with van der Waals surface area (Å²) in [5.41, 5.74) is 4.55. The fourth-order valence-corrected chi connectivity index (χ4v) is 4.43. The van der Waals surface area contributed by atoms with E-state index in [9.17, 15) is 4.79 Å². The first-order valence-electron chi connectivity index (χ1n) is 10.5. The second kappa shape index (κ2) is 8.74. The molecule has 1 atom stereocenters. The molecule has 1 aromatic carbocycles. The Balaban J connectivity index is 1.44. The van der Waals surface area contributed by atoms with Gasteiger partial charge in [0.2, 0.25) is 0 Å². The van der Waals surface area contributed by atoms with E-state index < -0.39 is 0 Å². The van der Waals surface area contributed by atoms with Crippen molar-refractivity contribution in [3.8, 4) is 0 Å². The van der Waals surface area contributed by atoms with Crippen LogP contribution in [0.25, 0.3) is 0 Å². The average Bonchev–Trinajstić information content (AvgIpc) is 3.00. The molecular formula is C23H30N4O. The number of hydrogen-bond acceptors (Lipinski definition) is 4. The summed E-state index contributed by atoms with van der Waals surface area (Å²) in [6.07, 6.45) is 7.16. The van der Waals surface area contributed by atoms with Crippen LogP contribution in [0.1, 0.15) is 46.7 Å². The van der Waals surface area contributed by atoms with E-state index in [4.69, 9.17) is 0 Å². The first-order chi connectivity index (χ1) is 13.7. The van der Waals surface area contributed by atoms with Gasteiger partial charge >= 0.3 is 0 Å². The predicted molar refractivity (Wildman–Crippen MR) is 113 cm³/mol. The summed E-state index contributed by atoms with van der Waals surface area (Å²) in [6, 6.07) is 10.4. The third-order valence-corrected chi connectivity index (χ3v) is 6.02. The van der Waals surface area contributed by atoms with Gasteiger partial charge in [-0.15, -0.1) is 0 Å². The molecule has 28 heavy (non-hydrogen) atoms. The van der Waals surface area contributed by atoms with E-state index in [0.29, 0.717) is 5.92 Å². The number of carbonyl (C=O) groups excluding carboxylic acids is 1. The van der Waals surface area contributed by atoms with E-state index in [-0.39, 0.29) is 5.91 Å². The SMILES string of the molecule is Cc1cnccc1N1CCCN(C(=O)c2cccc([C@@H]3CCCNC3)c2)CC1. The molecule has 0 aliphatic carbocycles. The molecule has 1 aromatic heterocycles. The normalized spacial score (nSPS) is 20.7. The van der Waals surface area contributed by atoms with Gasteiger partial charge < -0.3 is 15.1 Å². The third kappa shape index (κ3) is 4.20. The van der Waals surface area contributed by atoms with E-state index >= 15 is 0 Å². The van der Waals surface area contributed by atoms with Crippen molar-refractivity contribution in [3.05, 3.63) is 59.4 Å². The standard InChI is InChI=1S/C23H30N4O/c1-18-16-25-10-8-22(18)26-11-4-12-27(14-13-26)23(28)20-6-2-5-19(15-20)21-7-3-9-24-17-21/h2,5-6,8,10,15-16,21,24H,3-4,7,9,11-14,17H2,1H3/t21-/m1/s1.